The molecule has 0 radical (unpaired) electrons. The SMILES string of the molecule is Cc1ccc([C@@H](CNC(=O)c2ccc(C(C)(C)C)cc2)N2CCCC2)cc1. The van der Waals surface area contributed by atoms with Crippen molar-refractivity contribution in [2.45, 2.75) is 52.0 Å². The highest BCUT2D eigenvalue weighted by molar-refractivity contribution is 5.94. The molecule has 0 spiro atoms. The maximum Gasteiger partial charge on any atom is 0.251 e. The molecule has 3 rings (SSSR count). The molecule has 1 aliphatic heterocycles. The minimum absolute atomic E-state index is 0.00627. The Hall–Kier alpha value is -2.13. The van der Waals surface area contributed by atoms with Gasteiger partial charge in [-0.25, -0.2) is 0 Å². The van der Waals surface area contributed by atoms with Gasteiger partial charge < -0.3 is 5.32 Å². The Balaban J connectivity index is 1.69. The van der Waals surface area contributed by atoms with Crippen molar-refractivity contribution in [1.82, 2.24) is 10.2 Å². The molecule has 1 amide bonds. The van der Waals surface area contributed by atoms with Crippen LogP contribution in [0.5, 0.6) is 0 Å². The van der Waals surface area contributed by atoms with E-state index < -0.39 is 0 Å². The first-order valence-corrected chi connectivity index (χ1v) is 10.0. The second kappa shape index (κ2) is 8.26. The Morgan fingerprint density at radius 1 is 1.00 bits per heavy atom. The van der Waals surface area contributed by atoms with Crippen molar-refractivity contribution in [1.29, 1.82) is 0 Å². The number of nitrogens with zero attached hydrogens (tertiary/aromatic N) is 1. The lowest BCUT2D eigenvalue weighted by atomic mass is 9.87. The topological polar surface area (TPSA) is 32.3 Å². The van der Waals surface area contributed by atoms with Crippen LogP contribution in [0.15, 0.2) is 48.5 Å². The van der Waals surface area contributed by atoms with Crippen molar-refractivity contribution >= 4 is 5.91 Å². The third kappa shape index (κ3) is 4.98. The van der Waals surface area contributed by atoms with E-state index in [1.54, 1.807) is 0 Å². The highest BCUT2D eigenvalue weighted by Gasteiger charge is 2.24. The minimum atomic E-state index is 0.00627. The summed E-state index contributed by atoms with van der Waals surface area (Å²) in [6, 6.07) is 17.0. The van der Waals surface area contributed by atoms with Gasteiger partial charge in [0, 0.05) is 12.1 Å². The monoisotopic (exact) mass is 364 g/mol. The van der Waals surface area contributed by atoms with Crippen LogP contribution in [0.4, 0.5) is 0 Å². The van der Waals surface area contributed by atoms with Gasteiger partial charge in [-0.05, 0) is 61.5 Å². The highest BCUT2D eigenvalue weighted by atomic mass is 16.1. The number of aryl methyl sites for hydroxylation is 1. The van der Waals surface area contributed by atoms with Crippen molar-refractivity contribution in [3.8, 4) is 0 Å². The number of carbonyl (C=O) groups is 1. The predicted molar refractivity (Wildman–Crippen MR) is 112 cm³/mol. The van der Waals surface area contributed by atoms with Crippen LogP contribution < -0.4 is 5.32 Å². The first kappa shape index (κ1) is 19.6. The molecular weight excluding hydrogens is 332 g/mol. The summed E-state index contributed by atoms with van der Waals surface area (Å²) < 4.78 is 0. The van der Waals surface area contributed by atoms with E-state index in [1.807, 2.05) is 12.1 Å². The van der Waals surface area contributed by atoms with E-state index in [4.69, 9.17) is 0 Å². The molecule has 144 valence electrons. The van der Waals surface area contributed by atoms with E-state index in [9.17, 15) is 4.79 Å². The predicted octanol–water partition coefficient (Wildman–Crippen LogP) is 4.86. The van der Waals surface area contributed by atoms with E-state index in [0.717, 1.165) is 18.7 Å². The molecule has 2 aromatic rings. The molecule has 3 nitrogen and oxygen atoms in total. The van der Waals surface area contributed by atoms with Crippen molar-refractivity contribution in [2.24, 2.45) is 0 Å². The van der Waals surface area contributed by atoms with Gasteiger partial charge >= 0.3 is 0 Å². The van der Waals surface area contributed by atoms with Gasteiger partial charge in [0.05, 0.1) is 6.04 Å². The van der Waals surface area contributed by atoms with E-state index in [0.29, 0.717) is 6.54 Å². The zero-order valence-electron chi connectivity index (χ0n) is 17.1. The Morgan fingerprint density at radius 3 is 2.15 bits per heavy atom. The van der Waals surface area contributed by atoms with Crippen LogP contribution >= 0.6 is 0 Å². The Kier molecular flexibility index (Phi) is 6.01. The second-order valence-corrected chi connectivity index (χ2v) is 8.71. The lowest BCUT2D eigenvalue weighted by Crippen LogP contribution is -2.36. The third-order valence-electron chi connectivity index (χ3n) is 5.51. The van der Waals surface area contributed by atoms with Gasteiger partial charge in [-0.1, -0.05) is 62.7 Å². The molecule has 0 bridgehead atoms. The molecule has 2 aromatic carbocycles. The molecule has 3 heteroatoms. The first-order chi connectivity index (χ1) is 12.8. The Bertz CT molecular complexity index is 750. The van der Waals surface area contributed by atoms with Gasteiger partial charge in [0.1, 0.15) is 0 Å². The van der Waals surface area contributed by atoms with Crippen LogP contribution in [-0.4, -0.2) is 30.4 Å². The lowest BCUT2D eigenvalue weighted by Gasteiger charge is -2.28. The lowest BCUT2D eigenvalue weighted by molar-refractivity contribution is 0.0938. The zero-order valence-corrected chi connectivity index (χ0v) is 17.1. The average molecular weight is 365 g/mol. The number of rotatable bonds is 5. The van der Waals surface area contributed by atoms with Crippen LogP contribution in [0.1, 0.15) is 66.7 Å². The van der Waals surface area contributed by atoms with Crippen LogP contribution in [0.3, 0.4) is 0 Å². The number of likely N-dealkylation sites (tertiary alicyclic amines) is 1. The van der Waals surface area contributed by atoms with Gasteiger partial charge in [-0.15, -0.1) is 0 Å². The average Bonchev–Trinajstić information content (AvgIpc) is 3.17. The van der Waals surface area contributed by atoms with Crippen molar-refractivity contribution in [3.63, 3.8) is 0 Å². The summed E-state index contributed by atoms with van der Waals surface area (Å²) in [5.41, 5.74) is 4.62. The minimum Gasteiger partial charge on any atom is -0.350 e. The summed E-state index contributed by atoms with van der Waals surface area (Å²) in [6.07, 6.45) is 2.48. The molecule has 1 fully saturated rings. The molecule has 1 saturated heterocycles. The molecule has 0 aliphatic carbocycles. The summed E-state index contributed by atoms with van der Waals surface area (Å²) >= 11 is 0. The summed E-state index contributed by atoms with van der Waals surface area (Å²) in [6.45, 7) is 11.5. The fraction of sp³-hybridized carbons (Fsp3) is 0.458. The Labute approximate surface area is 163 Å². The zero-order chi connectivity index (χ0) is 19.4. The molecular formula is C24H32N2O. The summed E-state index contributed by atoms with van der Waals surface area (Å²) in [5.74, 6) is 0.00627. The van der Waals surface area contributed by atoms with Gasteiger partial charge in [-0.3, -0.25) is 9.69 Å². The van der Waals surface area contributed by atoms with Crippen LogP contribution in [-0.2, 0) is 5.41 Å². The quantitative estimate of drug-likeness (QED) is 0.822. The van der Waals surface area contributed by atoms with Gasteiger partial charge in [-0.2, -0.15) is 0 Å². The molecule has 0 aromatic heterocycles. The fourth-order valence-electron chi connectivity index (χ4n) is 3.71. The molecule has 1 aliphatic rings. The van der Waals surface area contributed by atoms with Crippen LogP contribution in [0, 0.1) is 6.92 Å². The first-order valence-electron chi connectivity index (χ1n) is 10.0. The summed E-state index contributed by atoms with van der Waals surface area (Å²) in [7, 11) is 0. The maximum atomic E-state index is 12.7. The third-order valence-corrected chi connectivity index (χ3v) is 5.51. The number of hydrogen-bond donors (Lipinski definition) is 1. The van der Waals surface area contributed by atoms with E-state index in [1.165, 1.54) is 29.5 Å². The number of hydrogen-bond acceptors (Lipinski definition) is 2. The smallest absolute Gasteiger partial charge is 0.251 e. The molecule has 1 atom stereocenters. The van der Waals surface area contributed by atoms with Crippen molar-refractivity contribution < 1.29 is 4.79 Å². The molecule has 1 heterocycles. The highest BCUT2D eigenvalue weighted by Crippen LogP contribution is 2.25. The standard InChI is InChI=1S/C24H32N2O/c1-18-7-9-19(10-8-18)22(26-15-5-6-16-26)17-25-23(27)20-11-13-21(14-12-20)24(2,3)4/h7-14,22H,5-6,15-17H2,1-4H3,(H,25,27)/t22-/m1/s1. The van der Waals surface area contributed by atoms with Crippen LogP contribution in [0.2, 0.25) is 0 Å². The van der Waals surface area contributed by atoms with Gasteiger partial charge in [0.15, 0.2) is 0 Å². The van der Waals surface area contributed by atoms with Crippen molar-refractivity contribution in [3.05, 3.63) is 70.8 Å². The van der Waals surface area contributed by atoms with Gasteiger partial charge in [0.25, 0.3) is 5.91 Å². The number of nitrogens with one attached hydrogen (secondary N) is 1. The van der Waals surface area contributed by atoms with E-state index >= 15 is 0 Å². The fourth-order valence-corrected chi connectivity index (χ4v) is 3.71. The van der Waals surface area contributed by atoms with E-state index in [2.05, 4.69) is 74.3 Å². The molecule has 1 N–H and O–H groups in total. The number of amides is 1. The molecule has 0 saturated carbocycles. The molecule has 0 unspecified atom stereocenters. The van der Waals surface area contributed by atoms with Crippen LogP contribution in [0.25, 0.3) is 0 Å². The number of carbonyl (C=O) groups excluding carboxylic acids is 1. The normalized spacial score (nSPS) is 16.3. The summed E-state index contributed by atoms with van der Waals surface area (Å²) in [4.78, 5) is 15.2. The van der Waals surface area contributed by atoms with E-state index in [-0.39, 0.29) is 17.4 Å². The largest absolute Gasteiger partial charge is 0.350 e. The molecule has 27 heavy (non-hydrogen) atoms. The number of benzene rings is 2. The summed E-state index contributed by atoms with van der Waals surface area (Å²) in [5, 5.41) is 3.17. The van der Waals surface area contributed by atoms with Crippen molar-refractivity contribution in [2.75, 3.05) is 19.6 Å². The second-order valence-electron chi connectivity index (χ2n) is 8.71. The Morgan fingerprint density at radius 2 is 1.59 bits per heavy atom. The van der Waals surface area contributed by atoms with Gasteiger partial charge in [0.2, 0.25) is 0 Å². The maximum absolute atomic E-state index is 12.7.